The molecule has 0 unspecified atom stereocenters. The van der Waals surface area contributed by atoms with Gasteiger partial charge >= 0.3 is 0 Å². The highest BCUT2D eigenvalue weighted by Crippen LogP contribution is 2.05. The zero-order valence-electron chi connectivity index (χ0n) is 7.51. The van der Waals surface area contributed by atoms with Crippen molar-refractivity contribution in [3.05, 3.63) is 0 Å². The predicted molar refractivity (Wildman–Crippen MR) is 51.6 cm³/mol. The van der Waals surface area contributed by atoms with Crippen LogP contribution >= 0.6 is 12.4 Å². The summed E-state index contributed by atoms with van der Waals surface area (Å²) in [5.74, 6) is 0.0733. The first-order valence-electron chi connectivity index (χ1n) is 4.26. The Balaban J connectivity index is 0.00000121. The molecule has 0 radical (unpaired) electrons. The van der Waals surface area contributed by atoms with Crippen LogP contribution in [0.4, 0.5) is 0 Å². The zero-order valence-corrected chi connectivity index (χ0v) is 8.32. The van der Waals surface area contributed by atoms with Crippen molar-refractivity contribution in [3.8, 4) is 0 Å². The Hall–Kier alpha value is -0.280. The van der Waals surface area contributed by atoms with E-state index < -0.39 is 0 Å². The zero-order chi connectivity index (χ0) is 8.10. The van der Waals surface area contributed by atoms with Gasteiger partial charge in [0.25, 0.3) is 0 Å². The van der Waals surface area contributed by atoms with E-state index in [1.54, 1.807) is 6.92 Å². The van der Waals surface area contributed by atoms with Gasteiger partial charge in [-0.15, -0.1) is 12.4 Å². The van der Waals surface area contributed by atoms with Crippen LogP contribution < -0.4 is 5.32 Å². The number of likely N-dealkylation sites (tertiary alicyclic amines) is 1. The number of amides is 1. The molecule has 3 nitrogen and oxygen atoms in total. The normalized spacial score (nSPS) is 17.1. The van der Waals surface area contributed by atoms with Gasteiger partial charge in [0.05, 0.1) is 0 Å². The predicted octanol–water partition coefficient (Wildman–Crippen LogP) is 0.640. The van der Waals surface area contributed by atoms with E-state index in [1.807, 2.05) is 0 Å². The van der Waals surface area contributed by atoms with Crippen LogP contribution in [0.15, 0.2) is 0 Å². The van der Waals surface area contributed by atoms with Gasteiger partial charge in [0, 0.05) is 20.0 Å². The van der Waals surface area contributed by atoms with Crippen LogP contribution in [-0.4, -0.2) is 37.0 Å². The molecule has 1 rings (SSSR count). The first-order chi connectivity index (χ1) is 5.29. The third kappa shape index (κ3) is 4.57. The summed E-state index contributed by atoms with van der Waals surface area (Å²) in [7, 11) is 0. The van der Waals surface area contributed by atoms with Crippen LogP contribution in [0.3, 0.4) is 0 Å². The smallest absolute Gasteiger partial charge is 0.216 e. The molecule has 1 aliphatic rings. The fourth-order valence-corrected chi connectivity index (χ4v) is 1.40. The van der Waals surface area contributed by atoms with Crippen molar-refractivity contribution < 1.29 is 4.79 Å². The Labute approximate surface area is 79.9 Å². The van der Waals surface area contributed by atoms with Gasteiger partial charge in [-0.1, -0.05) is 0 Å². The van der Waals surface area contributed by atoms with E-state index in [2.05, 4.69) is 10.2 Å². The van der Waals surface area contributed by atoms with E-state index in [0.29, 0.717) is 0 Å². The van der Waals surface area contributed by atoms with Crippen LogP contribution in [0.25, 0.3) is 0 Å². The number of carbonyl (C=O) groups excluding carboxylic acids is 1. The van der Waals surface area contributed by atoms with E-state index >= 15 is 0 Å². The molecule has 4 heteroatoms. The highest BCUT2D eigenvalue weighted by atomic mass is 35.5. The Bertz CT molecular complexity index is 135. The molecule has 1 aliphatic heterocycles. The van der Waals surface area contributed by atoms with E-state index in [9.17, 15) is 4.79 Å². The fraction of sp³-hybridized carbons (Fsp3) is 0.875. The van der Waals surface area contributed by atoms with Crippen LogP contribution in [0.2, 0.25) is 0 Å². The SMILES string of the molecule is CC(=O)NCCN1CCCC1.Cl. The number of rotatable bonds is 3. The third-order valence-corrected chi connectivity index (χ3v) is 2.00. The van der Waals surface area contributed by atoms with Gasteiger partial charge in [-0.2, -0.15) is 0 Å². The van der Waals surface area contributed by atoms with Crippen molar-refractivity contribution in [2.45, 2.75) is 19.8 Å². The lowest BCUT2D eigenvalue weighted by molar-refractivity contribution is -0.119. The molecule has 0 aromatic rings. The lowest BCUT2D eigenvalue weighted by Crippen LogP contribution is -2.32. The molecule has 0 aliphatic carbocycles. The number of hydrogen-bond donors (Lipinski definition) is 1. The average Bonchev–Trinajstić information content (AvgIpc) is 2.39. The van der Waals surface area contributed by atoms with E-state index in [4.69, 9.17) is 0 Å². The summed E-state index contributed by atoms with van der Waals surface area (Å²) in [5, 5.41) is 2.79. The summed E-state index contributed by atoms with van der Waals surface area (Å²) in [5.41, 5.74) is 0. The molecule has 0 saturated carbocycles. The quantitative estimate of drug-likeness (QED) is 0.712. The van der Waals surface area contributed by atoms with Gasteiger partial charge in [0.2, 0.25) is 5.91 Å². The molecule has 12 heavy (non-hydrogen) atoms. The summed E-state index contributed by atoms with van der Waals surface area (Å²) >= 11 is 0. The van der Waals surface area contributed by atoms with Crippen LogP contribution in [0.1, 0.15) is 19.8 Å². The topological polar surface area (TPSA) is 32.3 Å². The molecule has 72 valence electrons. The van der Waals surface area contributed by atoms with Crippen molar-refractivity contribution in [1.82, 2.24) is 10.2 Å². The van der Waals surface area contributed by atoms with Crippen molar-refractivity contribution in [1.29, 1.82) is 0 Å². The molecule has 1 saturated heterocycles. The second-order valence-corrected chi connectivity index (χ2v) is 3.03. The number of nitrogens with zero attached hydrogens (tertiary/aromatic N) is 1. The molecule has 1 heterocycles. The number of carbonyl (C=O) groups is 1. The summed E-state index contributed by atoms with van der Waals surface area (Å²) in [6.45, 7) is 5.79. The second kappa shape index (κ2) is 6.26. The van der Waals surface area contributed by atoms with Gasteiger partial charge in [-0.25, -0.2) is 0 Å². The van der Waals surface area contributed by atoms with E-state index in [1.165, 1.54) is 25.9 Å². The maximum absolute atomic E-state index is 10.5. The monoisotopic (exact) mass is 192 g/mol. The van der Waals surface area contributed by atoms with Crippen molar-refractivity contribution in [2.75, 3.05) is 26.2 Å². The Morgan fingerprint density at radius 3 is 2.50 bits per heavy atom. The number of hydrogen-bond acceptors (Lipinski definition) is 2. The van der Waals surface area contributed by atoms with Crippen molar-refractivity contribution in [3.63, 3.8) is 0 Å². The molecular weight excluding hydrogens is 176 g/mol. The number of halogens is 1. The van der Waals surface area contributed by atoms with Gasteiger partial charge in [-0.3, -0.25) is 4.79 Å². The van der Waals surface area contributed by atoms with Crippen molar-refractivity contribution >= 4 is 18.3 Å². The maximum Gasteiger partial charge on any atom is 0.216 e. The summed E-state index contributed by atoms with van der Waals surface area (Å²) in [6, 6.07) is 0. The fourth-order valence-electron chi connectivity index (χ4n) is 1.40. The van der Waals surface area contributed by atoms with E-state index in [0.717, 1.165) is 13.1 Å². The summed E-state index contributed by atoms with van der Waals surface area (Å²) in [6.07, 6.45) is 2.64. The summed E-state index contributed by atoms with van der Waals surface area (Å²) < 4.78 is 0. The molecule has 0 atom stereocenters. The van der Waals surface area contributed by atoms with Gasteiger partial charge in [-0.05, 0) is 25.9 Å². The van der Waals surface area contributed by atoms with Gasteiger partial charge < -0.3 is 10.2 Å². The molecule has 1 N–H and O–H groups in total. The largest absolute Gasteiger partial charge is 0.355 e. The second-order valence-electron chi connectivity index (χ2n) is 3.03. The molecule has 0 bridgehead atoms. The first kappa shape index (κ1) is 11.7. The average molecular weight is 193 g/mol. The van der Waals surface area contributed by atoms with Crippen LogP contribution in [-0.2, 0) is 4.79 Å². The minimum Gasteiger partial charge on any atom is -0.355 e. The molecule has 0 aromatic carbocycles. The van der Waals surface area contributed by atoms with Crippen molar-refractivity contribution in [2.24, 2.45) is 0 Å². The minimum absolute atomic E-state index is 0. The Kier molecular flexibility index (Phi) is 6.11. The molecule has 1 fully saturated rings. The van der Waals surface area contributed by atoms with Crippen LogP contribution in [0.5, 0.6) is 0 Å². The first-order valence-corrected chi connectivity index (χ1v) is 4.26. The highest BCUT2D eigenvalue weighted by molar-refractivity contribution is 5.85. The molecular formula is C8H17ClN2O. The minimum atomic E-state index is 0. The number of nitrogens with one attached hydrogen (secondary N) is 1. The molecule has 0 aromatic heterocycles. The van der Waals surface area contributed by atoms with Gasteiger partial charge in [0.15, 0.2) is 0 Å². The lowest BCUT2D eigenvalue weighted by Gasteiger charge is -2.13. The Morgan fingerprint density at radius 1 is 1.42 bits per heavy atom. The van der Waals surface area contributed by atoms with E-state index in [-0.39, 0.29) is 18.3 Å². The lowest BCUT2D eigenvalue weighted by atomic mass is 10.4. The standard InChI is InChI=1S/C8H16N2O.ClH/c1-8(11)9-4-7-10-5-2-3-6-10;/h2-7H2,1H3,(H,9,11);1H. The Morgan fingerprint density at radius 2 is 2.00 bits per heavy atom. The summed E-state index contributed by atoms with van der Waals surface area (Å²) in [4.78, 5) is 12.9. The maximum atomic E-state index is 10.5. The highest BCUT2D eigenvalue weighted by Gasteiger charge is 2.09. The third-order valence-electron chi connectivity index (χ3n) is 2.00. The van der Waals surface area contributed by atoms with Gasteiger partial charge in [0.1, 0.15) is 0 Å². The molecule has 1 amide bonds. The molecule has 0 spiro atoms. The van der Waals surface area contributed by atoms with Crippen LogP contribution in [0, 0.1) is 0 Å².